The molecule has 1 aliphatic heterocycles. The Kier molecular flexibility index (Phi) is 8.39. The number of nitrogens with zero attached hydrogens (tertiary/aromatic N) is 2. The van der Waals surface area contributed by atoms with E-state index in [1.165, 1.54) is 11.8 Å². The Morgan fingerprint density at radius 2 is 1.74 bits per heavy atom. The quantitative estimate of drug-likeness (QED) is 0.565. The van der Waals surface area contributed by atoms with Gasteiger partial charge in [-0.05, 0) is 56.5 Å². The molecule has 1 aliphatic rings. The lowest BCUT2D eigenvalue weighted by atomic mass is 9.96. The highest BCUT2D eigenvalue weighted by Gasteiger charge is 2.30. The van der Waals surface area contributed by atoms with Crippen LogP contribution in [0.2, 0.25) is 0 Å². The van der Waals surface area contributed by atoms with E-state index >= 15 is 0 Å². The number of aryl methyl sites for hydroxylation is 2. The number of carbonyl (C=O) groups is 2. The first-order valence-corrected chi connectivity index (χ1v) is 12.2. The molecule has 7 nitrogen and oxygen atoms in total. The van der Waals surface area contributed by atoms with Gasteiger partial charge >= 0.3 is 5.97 Å². The number of esters is 1. The number of benzene rings is 2. The molecule has 0 bridgehead atoms. The van der Waals surface area contributed by atoms with Crippen LogP contribution in [-0.4, -0.2) is 43.5 Å². The molecule has 0 radical (unpaired) electrons. The summed E-state index contributed by atoms with van der Waals surface area (Å²) in [6.45, 7) is 7.84. The Hall–Kier alpha value is -3.26. The highest BCUT2D eigenvalue weighted by molar-refractivity contribution is 8.14. The van der Waals surface area contributed by atoms with Crippen molar-refractivity contribution in [2.45, 2.75) is 33.7 Å². The minimum Gasteiger partial charge on any atom is -0.463 e. The van der Waals surface area contributed by atoms with Crippen LogP contribution in [0.4, 0.5) is 11.4 Å². The molecular weight excluding hydrogens is 448 g/mol. The standard InChI is InChI=1S/C26H32N4O3S/c1-7-33-25(32)22-18(4)27-26(29-24(22)19-11-13-20(14-12-19)30(5)6)34-15-21(31)28-23-16(2)9-8-10-17(23)3/h8-14,24H,7,15H2,1-6H3,(H,27,29)(H,28,31)/t24-/m1/s1. The second kappa shape index (κ2) is 11.2. The van der Waals surface area contributed by atoms with E-state index in [2.05, 4.69) is 10.6 Å². The van der Waals surface area contributed by atoms with E-state index in [1.54, 1.807) is 6.92 Å². The second-order valence-corrected chi connectivity index (χ2v) is 9.27. The molecule has 0 saturated heterocycles. The highest BCUT2D eigenvalue weighted by atomic mass is 32.2. The van der Waals surface area contributed by atoms with Gasteiger partial charge in [0.1, 0.15) is 6.04 Å². The second-order valence-electron chi connectivity index (χ2n) is 8.31. The summed E-state index contributed by atoms with van der Waals surface area (Å²) >= 11 is 1.31. The fourth-order valence-corrected chi connectivity index (χ4v) is 4.46. The first-order valence-electron chi connectivity index (χ1n) is 11.2. The number of nitrogens with one attached hydrogen (secondary N) is 2. The van der Waals surface area contributed by atoms with Crippen molar-refractivity contribution in [2.24, 2.45) is 4.99 Å². The molecule has 0 spiro atoms. The Morgan fingerprint density at radius 3 is 2.32 bits per heavy atom. The number of amides is 1. The molecule has 0 fully saturated rings. The molecule has 0 saturated carbocycles. The van der Waals surface area contributed by atoms with Crippen molar-refractivity contribution in [3.8, 4) is 0 Å². The molecule has 8 heteroatoms. The fourth-order valence-electron chi connectivity index (χ4n) is 3.71. The number of amidine groups is 1. The average molecular weight is 481 g/mol. The van der Waals surface area contributed by atoms with Gasteiger partial charge in [-0.2, -0.15) is 0 Å². The molecule has 2 N–H and O–H groups in total. The normalized spacial score (nSPS) is 15.4. The summed E-state index contributed by atoms with van der Waals surface area (Å²) in [6.07, 6.45) is 0. The molecular formula is C26H32N4O3S. The van der Waals surface area contributed by atoms with Gasteiger partial charge in [-0.3, -0.25) is 4.79 Å². The molecule has 2 aromatic rings. The number of carbonyl (C=O) groups excluding carboxylic acids is 2. The first-order chi connectivity index (χ1) is 16.2. The van der Waals surface area contributed by atoms with Gasteiger partial charge in [0.25, 0.3) is 0 Å². The van der Waals surface area contributed by atoms with Crippen molar-refractivity contribution in [2.75, 3.05) is 36.7 Å². The lowest BCUT2D eigenvalue weighted by molar-refractivity contribution is -0.139. The van der Waals surface area contributed by atoms with Gasteiger partial charge in [0.05, 0.1) is 17.9 Å². The fraction of sp³-hybridized carbons (Fsp3) is 0.346. The van der Waals surface area contributed by atoms with E-state index < -0.39 is 12.0 Å². The summed E-state index contributed by atoms with van der Waals surface area (Å²) in [5.74, 6) is -0.320. The van der Waals surface area contributed by atoms with Crippen molar-refractivity contribution in [3.63, 3.8) is 0 Å². The highest BCUT2D eigenvalue weighted by Crippen LogP contribution is 2.34. The summed E-state index contributed by atoms with van der Waals surface area (Å²) in [5.41, 5.74) is 5.96. The van der Waals surface area contributed by atoms with Gasteiger partial charge in [-0.25, -0.2) is 9.79 Å². The molecule has 0 aromatic heterocycles. The van der Waals surface area contributed by atoms with E-state index in [4.69, 9.17) is 9.73 Å². The number of hydrogen-bond donors (Lipinski definition) is 2. The first kappa shape index (κ1) is 25.4. The van der Waals surface area contributed by atoms with Crippen molar-refractivity contribution in [1.29, 1.82) is 0 Å². The smallest absolute Gasteiger partial charge is 0.338 e. The van der Waals surface area contributed by atoms with Crippen LogP contribution >= 0.6 is 11.8 Å². The number of rotatable bonds is 7. The van der Waals surface area contributed by atoms with E-state index in [9.17, 15) is 9.59 Å². The maximum atomic E-state index is 12.7. The third-order valence-corrected chi connectivity index (χ3v) is 6.41. The number of para-hydroxylation sites is 1. The molecule has 2 aromatic carbocycles. The number of allylic oxidation sites excluding steroid dienone is 1. The SMILES string of the molecule is CCOC(=O)C1=C(C)NC(SCC(=O)Nc2c(C)cccc2C)=N[C@@H]1c1ccc(N(C)C)cc1. The van der Waals surface area contributed by atoms with Crippen LogP contribution in [0.5, 0.6) is 0 Å². The molecule has 180 valence electrons. The number of anilines is 2. The lowest BCUT2D eigenvalue weighted by Gasteiger charge is -2.26. The number of hydrogen-bond acceptors (Lipinski definition) is 7. The Morgan fingerprint density at radius 1 is 1.09 bits per heavy atom. The predicted molar refractivity (Wildman–Crippen MR) is 140 cm³/mol. The van der Waals surface area contributed by atoms with E-state index in [1.807, 2.05) is 82.2 Å². The zero-order valence-corrected chi connectivity index (χ0v) is 21.4. The monoisotopic (exact) mass is 480 g/mol. The number of ether oxygens (including phenoxy) is 1. The van der Waals surface area contributed by atoms with E-state index in [0.29, 0.717) is 16.4 Å². The Labute approximate surface area is 205 Å². The van der Waals surface area contributed by atoms with Crippen LogP contribution < -0.4 is 15.5 Å². The van der Waals surface area contributed by atoms with Crippen LogP contribution in [0.1, 0.15) is 36.6 Å². The number of aliphatic imine (C=N–C) groups is 1. The van der Waals surface area contributed by atoms with Crippen molar-refractivity contribution in [3.05, 3.63) is 70.4 Å². The van der Waals surface area contributed by atoms with Crippen molar-refractivity contribution in [1.82, 2.24) is 5.32 Å². The summed E-state index contributed by atoms with van der Waals surface area (Å²) in [6, 6.07) is 13.3. The van der Waals surface area contributed by atoms with Crippen LogP contribution in [-0.2, 0) is 14.3 Å². The molecule has 34 heavy (non-hydrogen) atoms. The lowest BCUT2D eigenvalue weighted by Crippen LogP contribution is -2.31. The number of thioether (sulfide) groups is 1. The molecule has 0 aliphatic carbocycles. The zero-order valence-electron chi connectivity index (χ0n) is 20.6. The summed E-state index contributed by atoms with van der Waals surface area (Å²) in [4.78, 5) is 32.2. The van der Waals surface area contributed by atoms with Gasteiger partial charge in [-0.15, -0.1) is 0 Å². The summed E-state index contributed by atoms with van der Waals surface area (Å²) < 4.78 is 5.30. The van der Waals surface area contributed by atoms with Crippen LogP contribution in [0, 0.1) is 13.8 Å². The Bertz CT molecular complexity index is 1100. The zero-order chi connectivity index (χ0) is 24.8. The van der Waals surface area contributed by atoms with E-state index in [-0.39, 0.29) is 18.3 Å². The molecule has 1 heterocycles. The van der Waals surface area contributed by atoms with Crippen LogP contribution in [0.3, 0.4) is 0 Å². The Balaban J connectivity index is 1.80. The summed E-state index contributed by atoms with van der Waals surface area (Å²) in [7, 11) is 3.95. The van der Waals surface area contributed by atoms with E-state index in [0.717, 1.165) is 28.1 Å². The minimum atomic E-state index is -0.513. The van der Waals surface area contributed by atoms with Crippen molar-refractivity contribution >= 4 is 40.2 Å². The maximum Gasteiger partial charge on any atom is 0.338 e. The van der Waals surface area contributed by atoms with Crippen LogP contribution in [0.15, 0.2) is 58.7 Å². The molecule has 1 atom stereocenters. The van der Waals surface area contributed by atoms with Gasteiger partial charge < -0.3 is 20.3 Å². The van der Waals surface area contributed by atoms with Crippen molar-refractivity contribution < 1.29 is 14.3 Å². The van der Waals surface area contributed by atoms with Gasteiger partial charge in [0, 0.05) is 31.2 Å². The third-order valence-electron chi connectivity index (χ3n) is 5.52. The molecule has 3 rings (SSSR count). The largest absolute Gasteiger partial charge is 0.463 e. The van der Waals surface area contributed by atoms with Gasteiger partial charge in [0.15, 0.2) is 5.17 Å². The van der Waals surface area contributed by atoms with Gasteiger partial charge in [0.2, 0.25) is 5.91 Å². The molecule has 1 amide bonds. The predicted octanol–water partition coefficient (Wildman–Crippen LogP) is 4.58. The summed E-state index contributed by atoms with van der Waals surface area (Å²) in [5, 5.41) is 6.77. The third kappa shape index (κ3) is 5.99. The molecule has 0 unspecified atom stereocenters. The van der Waals surface area contributed by atoms with Gasteiger partial charge in [-0.1, -0.05) is 42.1 Å². The maximum absolute atomic E-state index is 12.7. The minimum absolute atomic E-state index is 0.114. The van der Waals surface area contributed by atoms with Crippen LogP contribution in [0.25, 0.3) is 0 Å². The topological polar surface area (TPSA) is 83.0 Å². The average Bonchev–Trinajstić information content (AvgIpc) is 2.80.